The van der Waals surface area contributed by atoms with Gasteiger partial charge in [0.2, 0.25) is 0 Å². The topological polar surface area (TPSA) is 71.7 Å². The molecule has 2 rings (SSSR count). The number of fused-ring (bicyclic) bond motifs is 1. The summed E-state index contributed by atoms with van der Waals surface area (Å²) in [4.78, 5) is 11.4. The molecule has 0 radical (unpaired) electrons. The van der Waals surface area contributed by atoms with E-state index in [9.17, 15) is 15.0 Å². The second-order valence-corrected chi connectivity index (χ2v) is 3.95. The lowest BCUT2D eigenvalue weighted by Crippen LogP contribution is -2.17. The van der Waals surface area contributed by atoms with E-state index in [0.29, 0.717) is 17.6 Å². The fraction of sp³-hybridized carbons (Fsp3) is 0.308. The number of aliphatic hydroxyl groups is 1. The molecular weight excluding hydrogens is 234 g/mol. The number of phenols is 1. The molecule has 18 heavy (non-hydrogen) atoms. The molecule has 2 aromatic rings. The zero-order chi connectivity index (χ0) is 13.3. The Morgan fingerprint density at radius 2 is 2.22 bits per heavy atom. The first kappa shape index (κ1) is 12.4. The minimum Gasteiger partial charge on any atom is -0.507 e. The van der Waals surface area contributed by atoms with Gasteiger partial charge in [-0.1, -0.05) is 6.07 Å². The van der Waals surface area contributed by atoms with Crippen LogP contribution >= 0.6 is 0 Å². The highest BCUT2D eigenvalue weighted by molar-refractivity contribution is 5.89. The van der Waals surface area contributed by atoms with Crippen LogP contribution in [-0.2, 0) is 16.1 Å². The molecule has 1 atom stereocenters. The highest BCUT2D eigenvalue weighted by atomic mass is 16.5. The number of phenolic OH excluding ortho intramolecular Hbond substituents is 1. The van der Waals surface area contributed by atoms with Crippen molar-refractivity contribution in [3.63, 3.8) is 0 Å². The lowest BCUT2D eigenvalue weighted by atomic mass is 10.2. The first-order chi connectivity index (χ1) is 8.60. The smallest absolute Gasteiger partial charge is 0.340 e. The third-order valence-electron chi connectivity index (χ3n) is 2.98. The van der Waals surface area contributed by atoms with Gasteiger partial charge in [0.05, 0.1) is 18.3 Å². The van der Waals surface area contributed by atoms with Crippen LogP contribution in [0.15, 0.2) is 24.3 Å². The molecule has 0 fully saturated rings. The molecule has 0 spiro atoms. The fourth-order valence-electron chi connectivity index (χ4n) is 2.10. The van der Waals surface area contributed by atoms with Gasteiger partial charge >= 0.3 is 5.97 Å². The quantitative estimate of drug-likeness (QED) is 0.810. The summed E-state index contributed by atoms with van der Waals surface area (Å²) in [6, 6.07) is 6.72. The van der Waals surface area contributed by atoms with Crippen LogP contribution in [0.5, 0.6) is 5.75 Å². The van der Waals surface area contributed by atoms with Crippen LogP contribution in [0.3, 0.4) is 0 Å². The lowest BCUT2D eigenvalue weighted by Gasteiger charge is -2.12. The van der Waals surface area contributed by atoms with Crippen LogP contribution in [0.2, 0.25) is 0 Å². The molecule has 0 saturated carbocycles. The fourth-order valence-corrected chi connectivity index (χ4v) is 2.10. The summed E-state index contributed by atoms with van der Waals surface area (Å²) in [7, 11) is 1.22. The van der Waals surface area contributed by atoms with Gasteiger partial charge in [-0.05, 0) is 25.1 Å². The molecule has 0 aliphatic rings. The summed E-state index contributed by atoms with van der Waals surface area (Å²) < 4.78 is 6.30. The summed E-state index contributed by atoms with van der Waals surface area (Å²) in [5.74, 6) is -0.593. The van der Waals surface area contributed by atoms with Gasteiger partial charge in [0.15, 0.2) is 6.10 Å². The van der Waals surface area contributed by atoms with E-state index < -0.39 is 12.1 Å². The largest absolute Gasteiger partial charge is 0.507 e. The highest BCUT2D eigenvalue weighted by Crippen LogP contribution is 2.30. The first-order valence-corrected chi connectivity index (χ1v) is 5.67. The van der Waals surface area contributed by atoms with Gasteiger partial charge in [0.1, 0.15) is 5.75 Å². The Hall–Kier alpha value is -2.01. The van der Waals surface area contributed by atoms with E-state index >= 15 is 0 Å². The molecule has 0 bridgehead atoms. The number of benzene rings is 1. The number of nitrogens with zero attached hydrogens (tertiary/aromatic N) is 1. The zero-order valence-electron chi connectivity index (χ0n) is 10.3. The van der Waals surface area contributed by atoms with Crippen LogP contribution in [0.1, 0.15) is 18.7 Å². The average molecular weight is 249 g/mol. The Kier molecular flexibility index (Phi) is 3.25. The number of carbonyl (C=O) groups is 1. The summed E-state index contributed by atoms with van der Waals surface area (Å²) in [5, 5.41) is 20.3. The van der Waals surface area contributed by atoms with Crippen LogP contribution < -0.4 is 0 Å². The van der Waals surface area contributed by atoms with Crippen LogP contribution in [0, 0.1) is 0 Å². The number of esters is 1. The number of rotatable bonds is 3. The molecule has 2 N–H and O–H groups in total. The number of ether oxygens (including phenoxy) is 1. The molecule has 1 unspecified atom stereocenters. The van der Waals surface area contributed by atoms with Gasteiger partial charge in [-0.15, -0.1) is 0 Å². The predicted octanol–water partition coefficient (Wildman–Crippen LogP) is 1.57. The first-order valence-electron chi connectivity index (χ1n) is 5.67. The van der Waals surface area contributed by atoms with E-state index in [4.69, 9.17) is 0 Å². The van der Waals surface area contributed by atoms with E-state index in [1.807, 2.05) is 13.0 Å². The molecule has 1 aromatic heterocycles. The third-order valence-corrected chi connectivity index (χ3v) is 2.98. The van der Waals surface area contributed by atoms with E-state index in [-0.39, 0.29) is 5.75 Å². The molecule has 0 aliphatic carbocycles. The van der Waals surface area contributed by atoms with Crippen molar-refractivity contribution in [3.05, 3.63) is 30.0 Å². The minimum absolute atomic E-state index is 0.123. The number of hydrogen-bond acceptors (Lipinski definition) is 4. The van der Waals surface area contributed by atoms with Gasteiger partial charge in [-0.25, -0.2) is 4.79 Å². The summed E-state index contributed by atoms with van der Waals surface area (Å²) in [5.41, 5.74) is 1.19. The molecule has 0 saturated heterocycles. The van der Waals surface area contributed by atoms with Crippen LogP contribution in [0.4, 0.5) is 0 Å². The number of aliphatic hydroxyl groups excluding tert-OH is 1. The maximum Gasteiger partial charge on any atom is 0.340 e. The summed E-state index contributed by atoms with van der Waals surface area (Å²) in [6.45, 7) is 2.48. The van der Waals surface area contributed by atoms with Crippen molar-refractivity contribution < 1.29 is 19.7 Å². The Bertz CT molecular complexity index is 588. The molecule has 5 nitrogen and oxygen atoms in total. The van der Waals surface area contributed by atoms with Crippen molar-refractivity contribution >= 4 is 16.9 Å². The SMILES string of the molecule is CCn1c(C(O)C(=O)OC)cc2c(O)cccc21. The standard InChI is InChI=1S/C13H15NO4/c1-3-14-9-5-4-6-11(15)8(9)7-10(14)12(16)13(17)18-2/h4-7,12,15-16H,3H2,1-2H3. The third kappa shape index (κ3) is 1.82. The Balaban J connectivity index is 2.64. The highest BCUT2D eigenvalue weighted by Gasteiger charge is 2.23. The predicted molar refractivity (Wildman–Crippen MR) is 66.3 cm³/mol. The summed E-state index contributed by atoms with van der Waals surface area (Å²) >= 11 is 0. The van der Waals surface area contributed by atoms with E-state index in [0.717, 1.165) is 5.52 Å². The normalized spacial score (nSPS) is 12.6. The number of hydrogen-bond donors (Lipinski definition) is 2. The molecule has 0 aliphatic heterocycles. The Morgan fingerprint density at radius 1 is 1.50 bits per heavy atom. The van der Waals surface area contributed by atoms with E-state index in [2.05, 4.69) is 4.74 Å². The van der Waals surface area contributed by atoms with Crippen molar-refractivity contribution in [1.82, 2.24) is 4.57 Å². The average Bonchev–Trinajstić information content (AvgIpc) is 2.76. The second kappa shape index (κ2) is 4.70. The van der Waals surface area contributed by atoms with E-state index in [1.165, 1.54) is 7.11 Å². The van der Waals surface area contributed by atoms with Crippen molar-refractivity contribution in [2.24, 2.45) is 0 Å². The van der Waals surface area contributed by atoms with Crippen molar-refractivity contribution in [2.75, 3.05) is 7.11 Å². The number of aromatic nitrogens is 1. The number of aryl methyl sites for hydroxylation is 1. The number of methoxy groups -OCH3 is 1. The van der Waals surface area contributed by atoms with E-state index in [1.54, 1.807) is 22.8 Å². The second-order valence-electron chi connectivity index (χ2n) is 3.95. The minimum atomic E-state index is -1.35. The van der Waals surface area contributed by atoms with Gasteiger partial charge in [0.25, 0.3) is 0 Å². The molecule has 96 valence electrons. The molecule has 0 amide bonds. The number of carbonyl (C=O) groups excluding carboxylic acids is 1. The van der Waals surface area contributed by atoms with Gasteiger partial charge < -0.3 is 19.5 Å². The lowest BCUT2D eigenvalue weighted by molar-refractivity contribution is -0.151. The molecule has 1 heterocycles. The monoisotopic (exact) mass is 249 g/mol. The van der Waals surface area contributed by atoms with Crippen LogP contribution in [0.25, 0.3) is 10.9 Å². The molecule has 5 heteroatoms. The van der Waals surface area contributed by atoms with Crippen molar-refractivity contribution in [3.8, 4) is 5.75 Å². The zero-order valence-corrected chi connectivity index (χ0v) is 10.3. The van der Waals surface area contributed by atoms with Crippen LogP contribution in [-0.4, -0.2) is 27.9 Å². The van der Waals surface area contributed by atoms with Gasteiger partial charge in [0, 0.05) is 11.9 Å². The Labute approximate surface area is 104 Å². The summed E-state index contributed by atoms with van der Waals surface area (Å²) in [6.07, 6.45) is -1.35. The Morgan fingerprint density at radius 3 is 2.83 bits per heavy atom. The van der Waals surface area contributed by atoms with Gasteiger partial charge in [-0.2, -0.15) is 0 Å². The molecule has 1 aromatic carbocycles. The van der Waals surface area contributed by atoms with Crippen molar-refractivity contribution in [1.29, 1.82) is 0 Å². The maximum absolute atomic E-state index is 11.4. The molecular formula is C13H15NO4. The van der Waals surface area contributed by atoms with Crippen molar-refractivity contribution in [2.45, 2.75) is 19.6 Å². The van der Waals surface area contributed by atoms with Gasteiger partial charge in [-0.3, -0.25) is 0 Å². The maximum atomic E-state index is 11.4. The number of aromatic hydroxyl groups is 1.